The van der Waals surface area contributed by atoms with Crippen LogP contribution in [0.4, 0.5) is 4.79 Å². The molecule has 0 radical (unpaired) electrons. The Hall–Kier alpha value is -2.64. The quantitative estimate of drug-likeness (QED) is 0.755. The summed E-state index contributed by atoms with van der Waals surface area (Å²) in [5.41, 5.74) is 0.960. The van der Waals surface area contributed by atoms with Gasteiger partial charge in [-0.1, -0.05) is 6.07 Å². The molecule has 4 heterocycles. The monoisotopic (exact) mass is 358 g/mol. The Balaban J connectivity index is 1.37. The molecule has 0 aromatic carbocycles. The van der Waals surface area contributed by atoms with Crippen LogP contribution < -0.4 is 0 Å². The molecule has 0 N–H and O–H groups in total. The van der Waals surface area contributed by atoms with Gasteiger partial charge >= 0.3 is 6.09 Å². The summed E-state index contributed by atoms with van der Waals surface area (Å²) < 4.78 is 4.87. The molecule has 0 spiro atoms. The molecule has 1 aromatic rings. The van der Waals surface area contributed by atoms with Crippen molar-refractivity contribution in [3.8, 4) is 0 Å². The summed E-state index contributed by atoms with van der Waals surface area (Å²) in [6.07, 6.45) is 3.18. The van der Waals surface area contributed by atoms with Crippen molar-refractivity contribution in [2.45, 2.75) is 31.3 Å². The molecule has 138 valence electrons. The lowest BCUT2D eigenvalue weighted by Gasteiger charge is -2.26. The van der Waals surface area contributed by atoms with Crippen molar-refractivity contribution in [3.63, 3.8) is 0 Å². The molecule has 0 saturated carbocycles. The van der Waals surface area contributed by atoms with E-state index in [4.69, 9.17) is 4.74 Å². The van der Waals surface area contributed by atoms with Crippen molar-refractivity contribution in [2.75, 3.05) is 32.8 Å². The van der Waals surface area contributed by atoms with E-state index in [1.54, 1.807) is 11.1 Å². The molecule has 8 heteroatoms. The molecule has 0 aliphatic carbocycles. The largest absolute Gasteiger partial charge is 0.448 e. The van der Waals surface area contributed by atoms with E-state index in [2.05, 4.69) is 4.98 Å². The van der Waals surface area contributed by atoms with E-state index in [0.29, 0.717) is 39.1 Å². The molecule has 26 heavy (non-hydrogen) atoms. The van der Waals surface area contributed by atoms with Crippen LogP contribution in [0.15, 0.2) is 24.4 Å². The third-order valence-electron chi connectivity index (χ3n) is 5.44. The fourth-order valence-electron chi connectivity index (χ4n) is 4.13. The fourth-order valence-corrected chi connectivity index (χ4v) is 4.13. The van der Waals surface area contributed by atoms with Gasteiger partial charge < -0.3 is 14.5 Å². The first-order valence-electron chi connectivity index (χ1n) is 9.04. The molecule has 3 aliphatic heterocycles. The predicted octanol–water partition coefficient (Wildman–Crippen LogP) is 0.278. The zero-order chi connectivity index (χ0) is 18.1. The smallest absolute Gasteiger partial charge is 0.410 e. The predicted molar refractivity (Wildman–Crippen MR) is 91.1 cm³/mol. The van der Waals surface area contributed by atoms with Gasteiger partial charge in [0.2, 0.25) is 11.8 Å². The van der Waals surface area contributed by atoms with Gasteiger partial charge in [-0.05, 0) is 18.6 Å². The summed E-state index contributed by atoms with van der Waals surface area (Å²) >= 11 is 0. The van der Waals surface area contributed by atoms with Crippen molar-refractivity contribution >= 4 is 17.9 Å². The molecule has 4 rings (SSSR count). The van der Waals surface area contributed by atoms with Gasteiger partial charge in [-0.3, -0.25) is 19.5 Å². The van der Waals surface area contributed by atoms with Gasteiger partial charge in [-0.2, -0.15) is 0 Å². The zero-order valence-electron chi connectivity index (χ0n) is 14.5. The van der Waals surface area contributed by atoms with Gasteiger partial charge in [-0.15, -0.1) is 0 Å². The van der Waals surface area contributed by atoms with E-state index >= 15 is 0 Å². The number of rotatable bonds is 5. The van der Waals surface area contributed by atoms with E-state index in [1.807, 2.05) is 23.1 Å². The second-order valence-electron chi connectivity index (χ2n) is 6.91. The minimum Gasteiger partial charge on any atom is -0.448 e. The molecular formula is C18H22N4O4. The number of pyridine rings is 1. The highest BCUT2D eigenvalue weighted by Crippen LogP contribution is 2.32. The number of hydrogen-bond donors (Lipinski definition) is 0. The number of amides is 3. The second-order valence-corrected chi connectivity index (χ2v) is 6.91. The first-order valence-corrected chi connectivity index (χ1v) is 9.04. The Morgan fingerprint density at radius 1 is 1.23 bits per heavy atom. The fraction of sp³-hybridized carbons (Fsp3) is 0.556. The van der Waals surface area contributed by atoms with Crippen LogP contribution in [0.25, 0.3) is 0 Å². The first kappa shape index (κ1) is 16.8. The van der Waals surface area contributed by atoms with Crippen molar-refractivity contribution in [1.82, 2.24) is 19.7 Å². The summed E-state index contributed by atoms with van der Waals surface area (Å²) in [6, 6.07) is 5.75. The van der Waals surface area contributed by atoms with Crippen molar-refractivity contribution in [3.05, 3.63) is 30.1 Å². The van der Waals surface area contributed by atoms with Crippen LogP contribution >= 0.6 is 0 Å². The van der Waals surface area contributed by atoms with Gasteiger partial charge in [-0.25, -0.2) is 4.79 Å². The third kappa shape index (κ3) is 3.11. The van der Waals surface area contributed by atoms with Gasteiger partial charge in [0.1, 0.15) is 13.2 Å². The van der Waals surface area contributed by atoms with Crippen LogP contribution in [0.3, 0.4) is 0 Å². The number of likely N-dealkylation sites (tertiary alicyclic amines) is 2. The topological polar surface area (TPSA) is 83.0 Å². The molecule has 3 fully saturated rings. The summed E-state index contributed by atoms with van der Waals surface area (Å²) in [5, 5.41) is 0. The number of aromatic nitrogens is 1. The number of carbonyl (C=O) groups is 3. The maximum absolute atomic E-state index is 12.6. The Morgan fingerprint density at radius 2 is 2.12 bits per heavy atom. The van der Waals surface area contributed by atoms with E-state index in [0.717, 1.165) is 12.1 Å². The highest BCUT2D eigenvalue weighted by molar-refractivity contribution is 5.86. The summed E-state index contributed by atoms with van der Waals surface area (Å²) in [7, 11) is 0. The number of hydrogen-bond acceptors (Lipinski definition) is 5. The third-order valence-corrected chi connectivity index (χ3v) is 5.44. The lowest BCUT2D eigenvalue weighted by Crippen LogP contribution is -2.45. The Labute approximate surface area is 151 Å². The SMILES string of the molecule is O=C1OCCN1CC(=O)N1CC[C@H]2[C@@H]1CC(=O)N2CCc1ccccn1. The maximum Gasteiger partial charge on any atom is 0.410 e. The van der Waals surface area contributed by atoms with Crippen LogP contribution in [0.1, 0.15) is 18.5 Å². The first-order chi connectivity index (χ1) is 12.6. The second kappa shape index (κ2) is 6.93. The number of nitrogens with zero attached hydrogens (tertiary/aromatic N) is 4. The number of cyclic esters (lactones) is 1. The summed E-state index contributed by atoms with van der Waals surface area (Å²) in [4.78, 5) is 46.0. The molecule has 0 bridgehead atoms. The Kier molecular flexibility index (Phi) is 4.48. The number of carbonyl (C=O) groups excluding carboxylic acids is 3. The van der Waals surface area contributed by atoms with Crippen molar-refractivity contribution in [2.24, 2.45) is 0 Å². The van der Waals surface area contributed by atoms with Gasteiger partial charge in [0.15, 0.2) is 0 Å². The normalized spacial score (nSPS) is 25.0. The zero-order valence-corrected chi connectivity index (χ0v) is 14.5. The van der Waals surface area contributed by atoms with E-state index in [-0.39, 0.29) is 30.4 Å². The van der Waals surface area contributed by atoms with E-state index < -0.39 is 6.09 Å². The Bertz CT molecular complexity index is 710. The van der Waals surface area contributed by atoms with Gasteiger partial charge in [0.25, 0.3) is 0 Å². The maximum atomic E-state index is 12.6. The standard InChI is InChI=1S/C18H22N4O4/c23-16-11-15-14(21(16)7-4-13-3-1-2-6-19-13)5-8-22(15)17(24)12-20-9-10-26-18(20)25/h1-3,6,14-15H,4-5,7-12H2/t14-,15-/m0/s1. The molecule has 2 atom stereocenters. The van der Waals surface area contributed by atoms with Crippen LogP contribution in [-0.2, 0) is 20.7 Å². The highest BCUT2D eigenvalue weighted by Gasteiger charge is 2.48. The molecule has 3 aliphatic rings. The van der Waals surface area contributed by atoms with Crippen LogP contribution in [0.2, 0.25) is 0 Å². The lowest BCUT2D eigenvalue weighted by molar-refractivity contribution is -0.132. The lowest BCUT2D eigenvalue weighted by atomic mass is 10.1. The van der Waals surface area contributed by atoms with Crippen molar-refractivity contribution < 1.29 is 19.1 Å². The number of fused-ring (bicyclic) bond motifs is 1. The minimum absolute atomic E-state index is 0.0319. The van der Waals surface area contributed by atoms with E-state index in [1.165, 1.54) is 4.90 Å². The summed E-state index contributed by atoms with van der Waals surface area (Å²) in [6.45, 7) is 2.06. The van der Waals surface area contributed by atoms with Crippen molar-refractivity contribution in [1.29, 1.82) is 0 Å². The van der Waals surface area contributed by atoms with Crippen LogP contribution in [0.5, 0.6) is 0 Å². The van der Waals surface area contributed by atoms with Gasteiger partial charge in [0, 0.05) is 37.8 Å². The van der Waals surface area contributed by atoms with E-state index in [9.17, 15) is 14.4 Å². The summed E-state index contributed by atoms with van der Waals surface area (Å²) in [5.74, 6) is -0.00950. The molecule has 8 nitrogen and oxygen atoms in total. The van der Waals surface area contributed by atoms with Crippen LogP contribution in [-0.4, -0.2) is 82.5 Å². The number of ether oxygens (including phenoxy) is 1. The van der Waals surface area contributed by atoms with Crippen LogP contribution in [0, 0.1) is 0 Å². The molecule has 1 aromatic heterocycles. The van der Waals surface area contributed by atoms with Gasteiger partial charge in [0.05, 0.1) is 18.6 Å². The molecule has 3 saturated heterocycles. The average molecular weight is 358 g/mol. The average Bonchev–Trinajstić information content (AvgIpc) is 3.30. The Morgan fingerprint density at radius 3 is 2.85 bits per heavy atom. The highest BCUT2D eigenvalue weighted by atomic mass is 16.6. The molecule has 0 unspecified atom stereocenters. The molecule has 3 amide bonds. The minimum atomic E-state index is -0.436. The molecular weight excluding hydrogens is 336 g/mol.